The summed E-state index contributed by atoms with van der Waals surface area (Å²) in [7, 11) is 0. The van der Waals surface area contributed by atoms with Crippen LogP contribution in [0.15, 0.2) is 18.2 Å². The zero-order valence-corrected chi connectivity index (χ0v) is 12.2. The third-order valence-electron chi connectivity index (χ3n) is 2.68. The van der Waals surface area contributed by atoms with Gasteiger partial charge in [0, 0.05) is 13.1 Å². The number of carbonyl (C=O) groups excluding carboxylic acids is 2. The van der Waals surface area contributed by atoms with Gasteiger partial charge in [0.25, 0.3) is 5.91 Å². The molecule has 0 aliphatic carbocycles. The fourth-order valence-corrected chi connectivity index (χ4v) is 1.63. The van der Waals surface area contributed by atoms with E-state index in [4.69, 9.17) is 4.74 Å². The molecule has 0 aliphatic heterocycles. The average molecular weight is 318 g/mol. The van der Waals surface area contributed by atoms with Crippen LogP contribution in [-0.2, 0) is 9.59 Å². The van der Waals surface area contributed by atoms with Crippen molar-refractivity contribution in [2.75, 3.05) is 19.7 Å². The summed E-state index contributed by atoms with van der Waals surface area (Å²) in [5, 5.41) is 3.99. The molecule has 0 fully saturated rings. The predicted molar refractivity (Wildman–Crippen MR) is 73.5 cm³/mol. The normalized spacial score (nSPS) is 11.0. The van der Waals surface area contributed by atoms with Gasteiger partial charge in [0.05, 0.1) is 0 Å². The maximum absolute atomic E-state index is 11.9. The highest BCUT2D eigenvalue weighted by atomic mass is 19.4. The fourth-order valence-electron chi connectivity index (χ4n) is 1.63. The quantitative estimate of drug-likeness (QED) is 0.781. The molecule has 5 nitrogen and oxygen atoms in total. The zero-order chi connectivity index (χ0) is 16.8. The number of alkyl halides is 3. The van der Waals surface area contributed by atoms with Crippen molar-refractivity contribution in [3.63, 3.8) is 0 Å². The lowest BCUT2D eigenvalue weighted by Gasteiger charge is -2.11. The molecule has 2 amide bonds. The lowest BCUT2D eigenvalue weighted by molar-refractivity contribution is -0.173. The second kappa shape index (κ2) is 7.67. The van der Waals surface area contributed by atoms with Gasteiger partial charge in [0.15, 0.2) is 6.61 Å². The Balaban J connectivity index is 2.25. The van der Waals surface area contributed by atoms with Crippen molar-refractivity contribution in [2.45, 2.75) is 20.0 Å². The third kappa shape index (κ3) is 6.02. The molecule has 0 heterocycles. The fraction of sp³-hybridized carbons (Fsp3) is 0.429. The highest BCUT2D eigenvalue weighted by Crippen LogP contribution is 2.18. The van der Waals surface area contributed by atoms with Crippen LogP contribution in [-0.4, -0.2) is 37.7 Å². The summed E-state index contributed by atoms with van der Waals surface area (Å²) >= 11 is 0. The molecule has 0 bridgehead atoms. The predicted octanol–water partition coefficient (Wildman–Crippen LogP) is 1.48. The van der Waals surface area contributed by atoms with Crippen molar-refractivity contribution in [2.24, 2.45) is 0 Å². The van der Waals surface area contributed by atoms with Crippen LogP contribution in [0.3, 0.4) is 0 Å². The van der Waals surface area contributed by atoms with Crippen molar-refractivity contribution in [1.29, 1.82) is 0 Å². The van der Waals surface area contributed by atoms with Gasteiger partial charge in [-0.15, -0.1) is 0 Å². The molecule has 2 N–H and O–H groups in total. The smallest absolute Gasteiger partial charge is 0.471 e. The summed E-state index contributed by atoms with van der Waals surface area (Å²) in [6.45, 7) is 3.09. The molecule has 22 heavy (non-hydrogen) atoms. The monoisotopic (exact) mass is 318 g/mol. The van der Waals surface area contributed by atoms with Crippen molar-refractivity contribution in [3.05, 3.63) is 29.3 Å². The summed E-state index contributed by atoms with van der Waals surface area (Å²) in [4.78, 5) is 22.0. The van der Waals surface area contributed by atoms with E-state index in [2.05, 4.69) is 5.32 Å². The average Bonchev–Trinajstić information content (AvgIpc) is 2.41. The number of benzene rings is 1. The van der Waals surface area contributed by atoms with Gasteiger partial charge in [-0.2, -0.15) is 13.2 Å². The van der Waals surface area contributed by atoms with E-state index in [0.717, 1.165) is 11.1 Å². The van der Waals surface area contributed by atoms with Gasteiger partial charge >= 0.3 is 12.1 Å². The summed E-state index contributed by atoms with van der Waals surface area (Å²) in [6.07, 6.45) is -4.92. The summed E-state index contributed by atoms with van der Waals surface area (Å²) < 4.78 is 41.0. The molecule has 1 aromatic carbocycles. The Morgan fingerprint density at radius 3 is 2.36 bits per heavy atom. The SMILES string of the molecule is Cc1ccc(OCC(=O)NCCNC(=O)C(F)(F)F)c(C)c1. The van der Waals surface area contributed by atoms with Gasteiger partial charge in [-0.1, -0.05) is 17.7 Å². The van der Waals surface area contributed by atoms with Crippen LogP contribution in [0.4, 0.5) is 13.2 Å². The zero-order valence-electron chi connectivity index (χ0n) is 12.2. The maximum atomic E-state index is 11.9. The topological polar surface area (TPSA) is 67.4 Å². The van der Waals surface area contributed by atoms with E-state index in [9.17, 15) is 22.8 Å². The van der Waals surface area contributed by atoms with Crippen LogP contribution < -0.4 is 15.4 Å². The Kier molecular flexibility index (Phi) is 6.21. The Bertz CT molecular complexity index is 545. The lowest BCUT2D eigenvalue weighted by atomic mass is 10.1. The number of carbonyl (C=O) groups is 2. The first-order chi connectivity index (χ1) is 10.2. The Hall–Kier alpha value is -2.25. The van der Waals surface area contributed by atoms with Gasteiger partial charge in [-0.25, -0.2) is 0 Å². The number of amides is 2. The number of hydrogen-bond donors (Lipinski definition) is 2. The highest BCUT2D eigenvalue weighted by molar-refractivity contribution is 5.81. The third-order valence-corrected chi connectivity index (χ3v) is 2.68. The van der Waals surface area contributed by atoms with Crippen LogP contribution >= 0.6 is 0 Å². The van der Waals surface area contributed by atoms with Gasteiger partial charge < -0.3 is 15.4 Å². The second-order valence-electron chi connectivity index (χ2n) is 4.66. The summed E-state index contributed by atoms with van der Waals surface area (Å²) in [6, 6.07) is 5.48. The van der Waals surface area contributed by atoms with Gasteiger partial charge in [-0.3, -0.25) is 9.59 Å². The van der Waals surface area contributed by atoms with Crippen LogP contribution in [0.25, 0.3) is 0 Å². The molecular formula is C14H17F3N2O3. The van der Waals surface area contributed by atoms with E-state index < -0.39 is 18.0 Å². The molecule has 122 valence electrons. The minimum atomic E-state index is -4.92. The van der Waals surface area contributed by atoms with Gasteiger partial charge in [0.1, 0.15) is 5.75 Å². The molecule has 0 spiro atoms. The molecule has 0 saturated carbocycles. The Morgan fingerprint density at radius 1 is 1.14 bits per heavy atom. The Morgan fingerprint density at radius 2 is 1.77 bits per heavy atom. The van der Waals surface area contributed by atoms with E-state index >= 15 is 0 Å². The van der Waals surface area contributed by atoms with Crippen LogP contribution in [0.2, 0.25) is 0 Å². The number of nitrogens with one attached hydrogen (secondary N) is 2. The summed E-state index contributed by atoms with van der Waals surface area (Å²) in [5.41, 5.74) is 1.94. The van der Waals surface area contributed by atoms with E-state index in [1.54, 1.807) is 11.4 Å². The van der Waals surface area contributed by atoms with Crippen molar-refractivity contribution in [1.82, 2.24) is 10.6 Å². The van der Waals surface area contributed by atoms with Crippen LogP contribution in [0.5, 0.6) is 5.75 Å². The van der Waals surface area contributed by atoms with Crippen LogP contribution in [0.1, 0.15) is 11.1 Å². The van der Waals surface area contributed by atoms with Crippen LogP contribution in [0, 0.1) is 13.8 Å². The minimum Gasteiger partial charge on any atom is -0.484 e. The van der Waals surface area contributed by atoms with E-state index in [0.29, 0.717) is 5.75 Å². The molecule has 0 unspecified atom stereocenters. The number of hydrogen-bond acceptors (Lipinski definition) is 3. The first-order valence-corrected chi connectivity index (χ1v) is 6.52. The number of rotatable bonds is 6. The molecular weight excluding hydrogens is 301 g/mol. The standard InChI is InChI=1S/C14H17F3N2O3/c1-9-3-4-11(10(2)7-9)22-8-12(20)18-5-6-19-13(21)14(15,16)17/h3-4,7H,5-6,8H2,1-2H3,(H,18,20)(H,19,21). The molecule has 8 heteroatoms. The van der Waals surface area contributed by atoms with Gasteiger partial charge in [-0.05, 0) is 25.5 Å². The summed E-state index contributed by atoms with van der Waals surface area (Å²) in [5.74, 6) is -1.96. The maximum Gasteiger partial charge on any atom is 0.471 e. The molecule has 0 radical (unpaired) electrons. The second-order valence-corrected chi connectivity index (χ2v) is 4.66. The largest absolute Gasteiger partial charge is 0.484 e. The van der Waals surface area contributed by atoms with Crippen molar-refractivity contribution in [3.8, 4) is 5.75 Å². The number of halogens is 3. The molecule has 1 rings (SSSR count). The first kappa shape index (κ1) is 17.8. The first-order valence-electron chi connectivity index (χ1n) is 6.52. The number of aryl methyl sites for hydroxylation is 2. The molecule has 0 aromatic heterocycles. The molecule has 0 saturated heterocycles. The van der Waals surface area contributed by atoms with Crippen molar-refractivity contribution < 1.29 is 27.5 Å². The molecule has 1 aromatic rings. The minimum absolute atomic E-state index is 0.114. The molecule has 0 aliphatic rings. The Labute approximate surface area is 125 Å². The highest BCUT2D eigenvalue weighted by Gasteiger charge is 2.38. The van der Waals surface area contributed by atoms with E-state index in [1.165, 1.54) is 0 Å². The van der Waals surface area contributed by atoms with E-state index in [1.807, 2.05) is 26.0 Å². The molecule has 0 atom stereocenters. The van der Waals surface area contributed by atoms with E-state index in [-0.39, 0.29) is 19.7 Å². The van der Waals surface area contributed by atoms with Crippen molar-refractivity contribution >= 4 is 11.8 Å². The van der Waals surface area contributed by atoms with Gasteiger partial charge in [0.2, 0.25) is 0 Å². The number of ether oxygens (including phenoxy) is 1. The lowest BCUT2D eigenvalue weighted by Crippen LogP contribution is -2.41.